The molecule has 0 saturated heterocycles. The second kappa shape index (κ2) is 6.84. The topological polar surface area (TPSA) is 33.5 Å². The summed E-state index contributed by atoms with van der Waals surface area (Å²) >= 11 is 11.9. The molecule has 94 valence electrons. The summed E-state index contributed by atoms with van der Waals surface area (Å²) < 4.78 is 0. The summed E-state index contributed by atoms with van der Waals surface area (Å²) in [6.07, 6.45) is 0.927. The number of halogens is 2. The second-order valence-corrected chi connectivity index (χ2v) is 4.98. The van der Waals surface area contributed by atoms with Gasteiger partial charge in [0.05, 0.1) is 36.2 Å². The van der Waals surface area contributed by atoms with Gasteiger partial charge in [-0.3, -0.25) is 4.79 Å². The molecule has 5 heteroatoms. The molecular formula is C12H17Cl2N2O+. The third-order valence-electron chi connectivity index (χ3n) is 2.33. The van der Waals surface area contributed by atoms with E-state index < -0.39 is 0 Å². The fraction of sp³-hybridized carbons (Fsp3) is 0.417. The van der Waals surface area contributed by atoms with Crippen LogP contribution in [-0.4, -0.2) is 33.1 Å². The molecule has 0 fully saturated rings. The molecule has 0 aliphatic carbocycles. The van der Waals surface area contributed by atoms with Gasteiger partial charge in [-0.05, 0) is 12.1 Å². The van der Waals surface area contributed by atoms with E-state index in [9.17, 15) is 4.79 Å². The van der Waals surface area contributed by atoms with E-state index >= 15 is 0 Å². The van der Waals surface area contributed by atoms with Crippen LogP contribution in [0.15, 0.2) is 18.2 Å². The van der Waals surface area contributed by atoms with Gasteiger partial charge in [-0.2, -0.15) is 0 Å². The van der Waals surface area contributed by atoms with E-state index in [1.165, 1.54) is 4.90 Å². The van der Waals surface area contributed by atoms with Gasteiger partial charge in [-0.25, -0.2) is 0 Å². The van der Waals surface area contributed by atoms with E-state index in [0.29, 0.717) is 22.2 Å². The molecule has 0 aliphatic rings. The van der Waals surface area contributed by atoms with E-state index in [1.807, 2.05) is 0 Å². The molecule has 0 heterocycles. The summed E-state index contributed by atoms with van der Waals surface area (Å²) in [5, 5.41) is 3.58. The third kappa shape index (κ3) is 4.54. The summed E-state index contributed by atoms with van der Waals surface area (Å²) in [7, 11) is 4.15. The van der Waals surface area contributed by atoms with Gasteiger partial charge in [0.2, 0.25) is 0 Å². The van der Waals surface area contributed by atoms with Crippen molar-refractivity contribution in [2.24, 2.45) is 0 Å². The molecule has 0 radical (unpaired) electrons. The lowest BCUT2D eigenvalue weighted by atomic mass is 10.2. The number of quaternary nitrogens is 1. The molecule has 1 aromatic rings. The molecular weight excluding hydrogens is 259 g/mol. The monoisotopic (exact) mass is 275 g/mol. The third-order valence-corrected chi connectivity index (χ3v) is 2.96. The summed E-state index contributed by atoms with van der Waals surface area (Å²) in [5.74, 6) is -0.214. The highest BCUT2D eigenvalue weighted by Crippen LogP contribution is 2.23. The lowest BCUT2D eigenvalue weighted by Crippen LogP contribution is -3.05. The molecule has 0 aromatic heterocycles. The van der Waals surface area contributed by atoms with Crippen molar-refractivity contribution in [1.29, 1.82) is 0 Å². The van der Waals surface area contributed by atoms with Crippen molar-refractivity contribution in [3.8, 4) is 0 Å². The Morgan fingerprint density at radius 1 is 1.29 bits per heavy atom. The molecule has 0 aliphatic heterocycles. The summed E-state index contributed by atoms with van der Waals surface area (Å²) in [6.45, 7) is 1.64. The molecule has 1 aromatic carbocycles. The fourth-order valence-corrected chi connectivity index (χ4v) is 2.02. The van der Waals surface area contributed by atoms with E-state index in [2.05, 4.69) is 19.4 Å². The molecule has 2 N–H and O–H groups in total. The van der Waals surface area contributed by atoms with Crippen molar-refractivity contribution in [3.05, 3.63) is 33.8 Å². The molecule has 1 rings (SSSR count). The van der Waals surface area contributed by atoms with Gasteiger partial charge < -0.3 is 10.2 Å². The minimum absolute atomic E-state index is 0.214. The highest BCUT2D eigenvalue weighted by molar-refractivity contribution is 6.39. The van der Waals surface area contributed by atoms with Gasteiger partial charge >= 0.3 is 0 Å². The molecule has 0 saturated carbocycles. The van der Waals surface area contributed by atoms with Crippen molar-refractivity contribution in [1.82, 2.24) is 5.32 Å². The Morgan fingerprint density at radius 3 is 2.41 bits per heavy atom. The van der Waals surface area contributed by atoms with Crippen LogP contribution in [0.4, 0.5) is 0 Å². The molecule has 0 spiro atoms. The second-order valence-electron chi connectivity index (χ2n) is 4.16. The molecule has 1 amide bonds. The van der Waals surface area contributed by atoms with Crippen LogP contribution in [0.5, 0.6) is 0 Å². The smallest absolute Gasteiger partial charge is 0.254 e. The van der Waals surface area contributed by atoms with E-state index in [-0.39, 0.29) is 5.91 Å². The lowest BCUT2D eigenvalue weighted by molar-refractivity contribution is -0.858. The van der Waals surface area contributed by atoms with E-state index in [0.717, 1.165) is 13.0 Å². The summed E-state index contributed by atoms with van der Waals surface area (Å²) in [4.78, 5) is 13.2. The number of amides is 1. The highest BCUT2D eigenvalue weighted by atomic mass is 35.5. The molecule has 3 nitrogen and oxygen atoms in total. The lowest BCUT2D eigenvalue weighted by Gasteiger charge is -2.09. The minimum atomic E-state index is -0.214. The first-order chi connectivity index (χ1) is 8.02. The number of benzene rings is 1. The molecule has 0 unspecified atom stereocenters. The van der Waals surface area contributed by atoms with Crippen LogP contribution in [0.3, 0.4) is 0 Å². The van der Waals surface area contributed by atoms with Crippen molar-refractivity contribution < 1.29 is 9.69 Å². The van der Waals surface area contributed by atoms with Crippen LogP contribution in [0.2, 0.25) is 10.0 Å². The van der Waals surface area contributed by atoms with Crippen LogP contribution in [0, 0.1) is 0 Å². The van der Waals surface area contributed by atoms with Crippen molar-refractivity contribution >= 4 is 29.1 Å². The largest absolute Gasteiger partial charge is 0.352 e. The van der Waals surface area contributed by atoms with Crippen molar-refractivity contribution in [2.45, 2.75) is 6.42 Å². The molecule has 17 heavy (non-hydrogen) atoms. The van der Waals surface area contributed by atoms with Crippen LogP contribution >= 0.6 is 23.2 Å². The number of rotatable bonds is 5. The SMILES string of the molecule is C[NH+](C)CCCNC(=O)c1c(Cl)cccc1Cl. The Balaban J connectivity index is 2.53. The molecule has 0 atom stereocenters. The number of nitrogens with one attached hydrogen (secondary N) is 2. The van der Waals surface area contributed by atoms with Gasteiger partial charge in [-0.15, -0.1) is 0 Å². The zero-order valence-corrected chi connectivity index (χ0v) is 11.5. The van der Waals surface area contributed by atoms with Gasteiger partial charge in [0.1, 0.15) is 0 Å². The van der Waals surface area contributed by atoms with Crippen LogP contribution in [0.1, 0.15) is 16.8 Å². The van der Waals surface area contributed by atoms with Gasteiger partial charge in [0, 0.05) is 13.0 Å². The van der Waals surface area contributed by atoms with E-state index in [1.54, 1.807) is 18.2 Å². The summed E-state index contributed by atoms with van der Waals surface area (Å²) in [5.41, 5.74) is 0.355. The van der Waals surface area contributed by atoms with Crippen LogP contribution in [0.25, 0.3) is 0 Å². The number of hydrogen-bond acceptors (Lipinski definition) is 1. The zero-order valence-electron chi connectivity index (χ0n) is 10.0. The normalized spacial score (nSPS) is 10.6. The Bertz CT molecular complexity index is 374. The number of carbonyl (C=O) groups excluding carboxylic acids is 1. The minimum Gasteiger partial charge on any atom is -0.352 e. The quantitative estimate of drug-likeness (QED) is 0.780. The number of hydrogen-bond donors (Lipinski definition) is 2. The summed E-state index contributed by atoms with van der Waals surface area (Å²) in [6, 6.07) is 5.04. The van der Waals surface area contributed by atoms with Crippen molar-refractivity contribution in [3.63, 3.8) is 0 Å². The average molecular weight is 276 g/mol. The van der Waals surface area contributed by atoms with Crippen LogP contribution < -0.4 is 10.2 Å². The highest BCUT2D eigenvalue weighted by Gasteiger charge is 2.13. The Hall–Kier alpha value is -0.770. The van der Waals surface area contributed by atoms with Gasteiger partial charge in [-0.1, -0.05) is 29.3 Å². The maximum atomic E-state index is 11.8. The first kappa shape index (κ1) is 14.3. The predicted octanol–water partition coefficient (Wildman–Crippen LogP) is 1.26. The van der Waals surface area contributed by atoms with E-state index in [4.69, 9.17) is 23.2 Å². The van der Waals surface area contributed by atoms with Gasteiger partial charge in [0.15, 0.2) is 0 Å². The zero-order chi connectivity index (χ0) is 12.8. The first-order valence-corrected chi connectivity index (χ1v) is 6.29. The predicted molar refractivity (Wildman–Crippen MR) is 71.1 cm³/mol. The van der Waals surface area contributed by atoms with Crippen molar-refractivity contribution in [2.75, 3.05) is 27.2 Å². The maximum absolute atomic E-state index is 11.8. The molecule has 0 bridgehead atoms. The fourth-order valence-electron chi connectivity index (χ4n) is 1.45. The standard InChI is InChI=1S/C12H16Cl2N2O/c1-16(2)8-4-7-15-12(17)11-9(13)5-3-6-10(11)14/h3,5-6H,4,7-8H2,1-2H3,(H,15,17)/p+1. The Kier molecular flexibility index (Phi) is 5.75. The first-order valence-electron chi connectivity index (χ1n) is 5.53. The van der Waals surface area contributed by atoms with Crippen LogP contribution in [-0.2, 0) is 0 Å². The maximum Gasteiger partial charge on any atom is 0.254 e. The number of carbonyl (C=O) groups is 1. The van der Waals surface area contributed by atoms with Gasteiger partial charge in [0.25, 0.3) is 5.91 Å². The average Bonchev–Trinajstić information content (AvgIpc) is 2.24. The Labute approximate surface area is 112 Å². The Morgan fingerprint density at radius 2 is 1.88 bits per heavy atom.